The maximum absolute atomic E-state index is 4.75. The molecule has 0 fully saturated rings. The molecule has 2 aromatic heterocycles. The van der Waals surface area contributed by atoms with Crippen LogP contribution in [-0.2, 0) is 26.1 Å². The first-order valence-corrected chi connectivity index (χ1v) is 11.1. The van der Waals surface area contributed by atoms with Gasteiger partial charge in [-0.15, -0.1) is 10.2 Å². The van der Waals surface area contributed by atoms with Gasteiger partial charge in [-0.2, -0.15) is 0 Å². The standard InChI is InChI=1S/C22H32N8/c1-3-23-22(25-16-21-28-27-20-12-5-4-8-14-30(20)21)24-13-9-15-29-17(2)26-18-10-6-7-11-19(18)29/h6-7,10-11H,3-5,8-9,12-16H2,1-2H3,(H2,23,24,25). The Hall–Kier alpha value is -2.90. The van der Waals surface area contributed by atoms with Crippen LogP contribution in [0.15, 0.2) is 29.3 Å². The molecule has 0 radical (unpaired) electrons. The number of nitrogens with one attached hydrogen (secondary N) is 2. The summed E-state index contributed by atoms with van der Waals surface area (Å²) in [6.45, 7) is 8.31. The van der Waals surface area contributed by atoms with Gasteiger partial charge in [-0.1, -0.05) is 18.6 Å². The van der Waals surface area contributed by atoms with Crippen LogP contribution >= 0.6 is 0 Å². The number of aromatic nitrogens is 5. The second-order valence-electron chi connectivity index (χ2n) is 7.77. The van der Waals surface area contributed by atoms with E-state index in [-0.39, 0.29) is 0 Å². The van der Waals surface area contributed by atoms with Gasteiger partial charge in [0.05, 0.1) is 11.0 Å². The van der Waals surface area contributed by atoms with Crippen LogP contribution < -0.4 is 10.6 Å². The Labute approximate surface area is 177 Å². The molecule has 30 heavy (non-hydrogen) atoms. The molecule has 3 heterocycles. The fraction of sp³-hybridized carbons (Fsp3) is 0.545. The lowest BCUT2D eigenvalue weighted by Crippen LogP contribution is -2.38. The van der Waals surface area contributed by atoms with Crippen molar-refractivity contribution in [1.29, 1.82) is 0 Å². The Bertz CT molecular complexity index is 1000. The predicted molar refractivity (Wildman–Crippen MR) is 119 cm³/mol. The number of para-hydroxylation sites is 2. The van der Waals surface area contributed by atoms with Crippen LogP contribution in [0.2, 0.25) is 0 Å². The van der Waals surface area contributed by atoms with E-state index < -0.39 is 0 Å². The maximum Gasteiger partial charge on any atom is 0.191 e. The smallest absolute Gasteiger partial charge is 0.191 e. The maximum atomic E-state index is 4.75. The topological polar surface area (TPSA) is 85.0 Å². The fourth-order valence-corrected chi connectivity index (χ4v) is 4.08. The molecule has 4 rings (SSSR count). The van der Waals surface area contributed by atoms with Crippen LogP contribution in [0.1, 0.15) is 50.1 Å². The molecule has 0 aliphatic carbocycles. The lowest BCUT2D eigenvalue weighted by Gasteiger charge is -2.12. The Kier molecular flexibility index (Phi) is 6.61. The number of imidazole rings is 1. The first-order valence-electron chi connectivity index (χ1n) is 11.1. The molecule has 1 aliphatic heterocycles. The molecular weight excluding hydrogens is 376 g/mol. The highest BCUT2D eigenvalue weighted by Gasteiger charge is 2.14. The average molecular weight is 409 g/mol. The van der Waals surface area contributed by atoms with E-state index in [0.717, 1.165) is 68.0 Å². The molecular formula is C22H32N8. The number of aryl methyl sites for hydroxylation is 3. The third-order valence-electron chi connectivity index (χ3n) is 5.61. The van der Waals surface area contributed by atoms with Crippen molar-refractivity contribution in [1.82, 2.24) is 34.9 Å². The zero-order valence-corrected chi connectivity index (χ0v) is 18.1. The summed E-state index contributed by atoms with van der Waals surface area (Å²) < 4.78 is 4.54. The van der Waals surface area contributed by atoms with E-state index in [1.165, 1.54) is 24.8 Å². The molecule has 0 amide bonds. The Morgan fingerprint density at radius 3 is 2.93 bits per heavy atom. The van der Waals surface area contributed by atoms with Crippen molar-refractivity contribution in [2.75, 3.05) is 13.1 Å². The fourth-order valence-electron chi connectivity index (χ4n) is 4.08. The summed E-state index contributed by atoms with van der Waals surface area (Å²) in [5.74, 6) is 3.96. The van der Waals surface area contributed by atoms with E-state index in [2.05, 4.69) is 67.0 Å². The summed E-state index contributed by atoms with van der Waals surface area (Å²) in [5.41, 5.74) is 2.26. The SMILES string of the molecule is CCNC(=NCc1nnc2n1CCCCC2)NCCCn1c(C)nc2ccccc21. The number of guanidine groups is 1. The van der Waals surface area contributed by atoms with Gasteiger partial charge in [0.15, 0.2) is 11.8 Å². The van der Waals surface area contributed by atoms with Gasteiger partial charge in [-0.3, -0.25) is 0 Å². The zero-order chi connectivity index (χ0) is 20.8. The molecule has 0 atom stereocenters. The van der Waals surface area contributed by atoms with Crippen LogP contribution in [0.4, 0.5) is 0 Å². The number of aliphatic imine (C=N–C) groups is 1. The summed E-state index contributed by atoms with van der Waals surface area (Å²) >= 11 is 0. The molecule has 0 saturated carbocycles. The van der Waals surface area contributed by atoms with E-state index in [1.807, 2.05) is 6.07 Å². The van der Waals surface area contributed by atoms with E-state index >= 15 is 0 Å². The highest BCUT2D eigenvalue weighted by molar-refractivity contribution is 5.79. The Balaban J connectivity index is 1.33. The summed E-state index contributed by atoms with van der Waals surface area (Å²) in [6.07, 6.45) is 5.69. The Morgan fingerprint density at radius 1 is 1.13 bits per heavy atom. The van der Waals surface area contributed by atoms with Gasteiger partial charge in [0.25, 0.3) is 0 Å². The van der Waals surface area contributed by atoms with Crippen molar-refractivity contribution in [3.05, 3.63) is 41.7 Å². The van der Waals surface area contributed by atoms with E-state index in [4.69, 9.17) is 4.99 Å². The third kappa shape index (κ3) is 4.63. The largest absolute Gasteiger partial charge is 0.357 e. The summed E-state index contributed by atoms with van der Waals surface area (Å²) in [4.78, 5) is 9.40. The predicted octanol–water partition coefficient (Wildman–Crippen LogP) is 2.81. The lowest BCUT2D eigenvalue weighted by atomic mass is 10.2. The van der Waals surface area contributed by atoms with E-state index in [0.29, 0.717) is 6.54 Å². The molecule has 3 aromatic rings. The number of hydrogen-bond acceptors (Lipinski definition) is 4. The number of fused-ring (bicyclic) bond motifs is 2. The first kappa shape index (κ1) is 20.4. The van der Waals surface area contributed by atoms with Gasteiger partial charge < -0.3 is 19.8 Å². The quantitative estimate of drug-likeness (QED) is 0.357. The molecule has 8 nitrogen and oxygen atoms in total. The molecule has 160 valence electrons. The normalized spacial score (nSPS) is 14.5. The van der Waals surface area contributed by atoms with Gasteiger partial charge in [0.2, 0.25) is 0 Å². The van der Waals surface area contributed by atoms with Gasteiger partial charge in [0.1, 0.15) is 18.2 Å². The van der Waals surface area contributed by atoms with Crippen LogP contribution in [0, 0.1) is 6.92 Å². The molecule has 0 saturated heterocycles. The minimum Gasteiger partial charge on any atom is -0.357 e. The van der Waals surface area contributed by atoms with Crippen molar-refractivity contribution in [2.45, 2.75) is 65.6 Å². The highest BCUT2D eigenvalue weighted by atomic mass is 15.3. The van der Waals surface area contributed by atoms with Crippen molar-refractivity contribution in [3.63, 3.8) is 0 Å². The molecule has 0 spiro atoms. The van der Waals surface area contributed by atoms with E-state index in [9.17, 15) is 0 Å². The van der Waals surface area contributed by atoms with Crippen LogP contribution in [0.3, 0.4) is 0 Å². The van der Waals surface area contributed by atoms with Crippen LogP contribution in [0.5, 0.6) is 0 Å². The monoisotopic (exact) mass is 408 g/mol. The minimum absolute atomic E-state index is 0.549. The Morgan fingerprint density at radius 2 is 2.03 bits per heavy atom. The number of benzene rings is 1. The van der Waals surface area contributed by atoms with E-state index in [1.54, 1.807) is 0 Å². The molecule has 0 unspecified atom stereocenters. The van der Waals surface area contributed by atoms with Crippen molar-refractivity contribution in [2.24, 2.45) is 4.99 Å². The minimum atomic E-state index is 0.549. The lowest BCUT2D eigenvalue weighted by molar-refractivity contribution is 0.603. The zero-order valence-electron chi connectivity index (χ0n) is 18.1. The molecule has 1 aromatic carbocycles. The van der Waals surface area contributed by atoms with Crippen molar-refractivity contribution in [3.8, 4) is 0 Å². The van der Waals surface area contributed by atoms with Gasteiger partial charge in [-0.05, 0) is 45.2 Å². The summed E-state index contributed by atoms with van der Waals surface area (Å²) in [5, 5.41) is 15.5. The van der Waals surface area contributed by atoms with Gasteiger partial charge >= 0.3 is 0 Å². The number of hydrogen-bond donors (Lipinski definition) is 2. The first-order chi connectivity index (χ1) is 14.8. The highest BCUT2D eigenvalue weighted by Crippen LogP contribution is 2.16. The van der Waals surface area contributed by atoms with Gasteiger partial charge in [-0.25, -0.2) is 9.98 Å². The molecule has 2 N–H and O–H groups in total. The van der Waals surface area contributed by atoms with Crippen molar-refractivity contribution < 1.29 is 0 Å². The second kappa shape index (κ2) is 9.73. The number of nitrogens with zero attached hydrogens (tertiary/aromatic N) is 6. The molecule has 1 aliphatic rings. The third-order valence-corrected chi connectivity index (χ3v) is 5.61. The number of rotatable bonds is 7. The van der Waals surface area contributed by atoms with Crippen LogP contribution in [-0.4, -0.2) is 43.4 Å². The van der Waals surface area contributed by atoms with Crippen molar-refractivity contribution >= 4 is 17.0 Å². The summed E-state index contributed by atoms with van der Waals surface area (Å²) in [6, 6.07) is 8.31. The molecule has 8 heteroatoms. The average Bonchev–Trinajstić information content (AvgIpc) is 3.19. The van der Waals surface area contributed by atoms with Gasteiger partial charge in [0, 0.05) is 32.6 Å². The summed E-state index contributed by atoms with van der Waals surface area (Å²) in [7, 11) is 0. The molecule has 0 bridgehead atoms. The second-order valence-corrected chi connectivity index (χ2v) is 7.77. The van der Waals surface area contributed by atoms with Crippen LogP contribution in [0.25, 0.3) is 11.0 Å².